The van der Waals surface area contributed by atoms with Crippen molar-refractivity contribution in [3.63, 3.8) is 0 Å². The maximum absolute atomic E-state index is 12.8. The van der Waals surface area contributed by atoms with Gasteiger partial charge in [-0.3, -0.25) is 4.79 Å². The predicted molar refractivity (Wildman–Crippen MR) is 95.5 cm³/mol. The lowest BCUT2D eigenvalue weighted by atomic mass is 9.74. The van der Waals surface area contributed by atoms with Gasteiger partial charge < -0.3 is 10.0 Å². The fourth-order valence-corrected chi connectivity index (χ4v) is 5.05. The average Bonchev–Trinajstić information content (AvgIpc) is 2.96. The number of hydrogen-bond acceptors (Lipinski definition) is 4. The van der Waals surface area contributed by atoms with Gasteiger partial charge in [-0.2, -0.15) is 0 Å². The average molecular weight is 366 g/mol. The highest BCUT2D eigenvalue weighted by molar-refractivity contribution is 7.88. The summed E-state index contributed by atoms with van der Waals surface area (Å²) in [6.45, 7) is 3.67. The van der Waals surface area contributed by atoms with Crippen molar-refractivity contribution in [1.29, 1.82) is 0 Å². The molecule has 1 aromatic rings. The lowest BCUT2D eigenvalue weighted by Crippen LogP contribution is -2.53. The maximum atomic E-state index is 12.8. The standard InChI is InChI=1S/C18H26N2O4S/c1-14-5-3-4-6-15(14)9-17(22)19-8-7-16-10-20(25(2,23)24)12-18(16,11-19)13-21/h3-6,16,21H,7-13H2,1-2H3/t16-,18+/m0/s1. The number of piperidine rings is 1. The molecule has 2 aliphatic heterocycles. The van der Waals surface area contributed by atoms with E-state index >= 15 is 0 Å². The molecule has 1 aromatic carbocycles. The van der Waals surface area contributed by atoms with Crippen LogP contribution < -0.4 is 0 Å². The molecule has 3 rings (SSSR count). The molecule has 2 fully saturated rings. The molecule has 25 heavy (non-hydrogen) atoms. The van der Waals surface area contributed by atoms with Crippen molar-refractivity contribution in [2.24, 2.45) is 11.3 Å². The number of amides is 1. The molecule has 0 radical (unpaired) electrons. The molecule has 0 aliphatic carbocycles. The number of fused-ring (bicyclic) bond motifs is 1. The first-order valence-electron chi connectivity index (χ1n) is 8.63. The van der Waals surface area contributed by atoms with Gasteiger partial charge in [0, 0.05) is 31.6 Å². The number of benzene rings is 1. The van der Waals surface area contributed by atoms with Gasteiger partial charge in [-0.1, -0.05) is 24.3 Å². The number of likely N-dealkylation sites (tertiary alicyclic amines) is 1. The molecule has 7 heteroatoms. The first-order valence-corrected chi connectivity index (χ1v) is 10.5. The zero-order valence-corrected chi connectivity index (χ0v) is 15.6. The summed E-state index contributed by atoms with van der Waals surface area (Å²) in [4.78, 5) is 14.6. The largest absolute Gasteiger partial charge is 0.396 e. The van der Waals surface area contributed by atoms with Gasteiger partial charge in [0.15, 0.2) is 0 Å². The van der Waals surface area contributed by atoms with Gasteiger partial charge >= 0.3 is 0 Å². The first-order chi connectivity index (χ1) is 11.7. The monoisotopic (exact) mass is 366 g/mol. The Morgan fingerprint density at radius 1 is 1.32 bits per heavy atom. The highest BCUT2D eigenvalue weighted by Crippen LogP contribution is 2.42. The van der Waals surface area contributed by atoms with Crippen LogP contribution in [0.15, 0.2) is 24.3 Å². The van der Waals surface area contributed by atoms with E-state index < -0.39 is 15.4 Å². The Bertz CT molecular complexity index is 764. The second kappa shape index (κ2) is 6.70. The van der Waals surface area contributed by atoms with Crippen LogP contribution in [0.5, 0.6) is 0 Å². The van der Waals surface area contributed by atoms with Crippen LogP contribution in [0.2, 0.25) is 0 Å². The van der Waals surface area contributed by atoms with E-state index in [0.29, 0.717) is 32.6 Å². The third kappa shape index (κ3) is 3.59. The lowest BCUT2D eigenvalue weighted by molar-refractivity contribution is -0.135. The molecular formula is C18H26N2O4S. The SMILES string of the molecule is Cc1ccccc1CC(=O)N1CC[C@H]2CN(S(C)(=O)=O)C[C@@]2(CO)C1. The number of carbonyl (C=O) groups is 1. The molecule has 0 unspecified atom stereocenters. The Morgan fingerprint density at radius 2 is 2.04 bits per heavy atom. The summed E-state index contributed by atoms with van der Waals surface area (Å²) in [7, 11) is -3.28. The first kappa shape index (κ1) is 18.4. The van der Waals surface area contributed by atoms with Crippen molar-refractivity contribution in [2.45, 2.75) is 19.8 Å². The number of nitrogens with zero attached hydrogens (tertiary/aromatic N) is 2. The molecule has 0 bridgehead atoms. The van der Waals surface area contributed by atoms with E-state index in [4.69, 9.17) is 0 Å². The molecule has 0 aromatic heterocycles. The quantitative estimate of drug-likeness (QED) is 0.848. The summed E-state index contributed by atoms with van der Waals surface area (Å²) in [6, 6.07) is 7.83. The van der Waals surface area contributed by atoms with E-state index in [1.807, 2.05) is 31.2 Å². The van der Waals surface area contributed by atoms with Crippen molar-refractivity contribution in [3.05, 3.63) is 35.4 Å². The zero-order chi connectivity index (χ0) is 18.2. The molecule has 0 spiro atoms. The Hall–Kier alpha value is -1.44. The van der Waals surface area contributed by atoms with Crippen LogP contribution in [0.4, 0.5) is 0 Å². The second-order valence-electron chi connectivity index (χ2n) is 7.48. The molecule has 138 valence electrons. The van der Waals surface area contributed by atoms with Crippen LogP contribution in [0.3, 0.4) is 0 Å². The van der Waals surface area contributed by atoms with E-state index in [2.05, 4.69) is 0 Å². The van der Waals surface area contributed by atoms with E-state index in [1.165, 1.54) is 10.6 Å². The summed E-state index contributed by atoms with van der Waals surface area (Å²) in [5.41, 5.74) is 1.56. The lowest BCUT2D eigenvalue weighted by Gasteiger charge is -2.43. The molecule has 2 saturated heterocycles. The second-order valence-corrected chi connectivity index (χ2v) is 9.46. The van der Waals surface area contributed by atoms with Gasteiger partial charge in [-0.25, -0.2) is 12.7 Å². The minimum absolute atomic E-state index is 0.0402. The number of sulfonamides is 1. The van der Waals surface area contributed by atoms with Gasteiger partial charge in [-0.15, -0.1) is 0 Å². The third-order valence-electron chi connectivity index (χ3n) is 5.77. The number of rotatable bonds is 4. The van der Waals surface area contributed by atoms with E-state index in [9.17, 15) is 18.3 Å². The van der Waals surface area contributed by atoms with Crippen molar-refractivity contribution >= 4 is 15.9 Å². The van der Waals surface area contributed by atoms with Crippen molar-refractivity contribution in [2.75, 3.05) is 39.0 Å². The predicted octanol–water partition coefficient (Wildman–Crippen LogP) is 0.640. The van der Waals surface area contributed by atoms with Crippen LogP contribution in [0.25, 0.3) is 0 Å². The fourth-order valence-electron chi connectivity index (χ4n) is 4.11. The molecular weight excluding hydrogens is 340 g/mol. The van der Waals surface area contributed by atoms with Gasteiger partial charge in [0.1, 0.15) is 0 Å². The van der Waals surface area contributed by atoms with Crippen molar-refractivity contribution in [3.8, 4) is 0 Å². The van der Waals surface area contributed by atoms with Gasteiger partial charge in [-0.05, 0) is 30.4 Å². The van der Waals surface area contributed by atoms with Crippen molar-refractivity contribution in [1.82, 2.24) is 9.21 Å². The van der Waals surface area contributed by atoms with Gasteiger partial charge in [0.2, 0.25) is 15.9 Å². The smallest absolute Gasteiger partial charge is 0.227 e. The van der Waals surface area contributed by atoms with Crippen LogP contribution in [-0.4, -0.2) is 67.7 Å². The van der Waals surface area contributed by atoms with E-state index in [0.717, 1.165) is 17.5 Å². The topological polar surface area (TPSA) is 77.9 Å². The van der Waals surface area contributed by atoms with Crippen LogP contribution in [-0.2, 0) is 21.2 Å². The van der Waals surface area contributed by atoms with Crippen LogP contribution >= 0.6 is 0 Å². The van der Waals surface area contributed by atoms with Crippen LogP contribution in [0, 0.1) is 18.3 Å². The number of hydrogen-bond donors (Lipinski definition) is 1. The van der Waals surface area contributed by atoms with E-state index in [-0.39, 0.29) is 18.4 Å². The Morgan fingerprint density at radius 3 is 2.68 bits per heavy atom. The van der Waals surface area contributed by atoms with Crippen LogP contribution in [0.1, 0.15) is 17.5 Å². The fraction of sp³-hybridized carbons (Fsp3) is 0.611. The molecule has 0 saturated carbocycles. The molecule has 2 aliphatic rings. The van der Waals surface area contributed by atoms with E-state index in [1.54, 1.807) is 4.90 Å². The molecule has 1 N–H and O–H groups in total. The third-order valence-corrected chi connectivity index (χ3v) is 6.99. The summed E-state index contributed by atoms with van der Waals surface area (Å²) < 4.78 is 25.2. The minimum atomic E-state index is -3.28. The Kier molecular flexibility index (Phi) is 4.92. The number of aliphatic hydroxyl groups is 1. The Balaban J connectivity index is 1.74. The summed E-state index contributed by atoms with van der Waals surface area (Å²) in [5, 5.41) is 10.0. The number of aryl methyl sites for hydroxylation is 1. The maximum Gasteiger partial charge on any atom is 0.227 e. The van der Waals surface area contributed by atoms with Gasteiger partial charge in [0.05, 0.1) is 19.3 Å². The zero-order valence-electron chi connectivity index (χ0n) is 14.8. The van der Waals surface area contributed by atoms with Crippen molar-refractivity contribution < 1.29 is 18.3 Å². The summed E-state index contributed by atoms with van der Waals surface area (Å²) >= 11 is 0. The highest BCUT2D eigenvalue weighted by Gasteiger charge is 2.52. The normalized spacial score (nSPS) is 27.3. The Labute approximate surface area is 149 Å². The molecule has 2 atom stereocenters. The van der Waals surface area contributed by atoms with Gasteiger partial charge in [0.25, 0.3) is 0 Å². The molecule has 6 nitrogen and oxygen atoms in total. The minimum Gasteiger partial charge on any atom is -0.396 e. The number of carbonyl (C=O) groups excluding carboxylic acids is 1. The highest BCUT2D eigenvalue weighted by atomic mass is 32.2. The number of aliphatic hydroxyl groups excluding tert-OH is 1. The summed E-state index contributed by atoms with van der Waals surface area (Å²) in [6.07, 6.45) is 2.28. The molecule has 2 heterocycles. The molecule has 1 amide bonds. The summed E-state index contributed by atoms with van der Waals surface area (Å²) in [5.74, 6) is 0.146.